The quantitative estimate of drug-likeness (QED) is 0.367. The predicted molar refractivity (Wildman–Crippen MR) is 97.7 cm³/mol. The van der Waals surface area contributed by atoms with Crippen LogP contribution in [0.15, 0.2) is 41.7 Å². The molecule has 3 rings (SSSR count). The van der Waals surface area contributed by atoms with Gasteiger partial charge in [0.2, 0.25) is 0 Å². The molecule has 0 radical (unpaired) electrons. The third-order valence-corrected chi connectivity index (χ3v) is 4.61. The van der Waals surface area contributed by atoms with Gasteiger partial charge in [0.1, 0.15) is 5.75 Å². The number of thioether (sulfide) groups is 1. The van der Waals surface area contributed by atoms with Crippen molar-refractivity contribution in [1.29, 1.82) is 0 Å². The van der Waals surface area contributed by atoms with Crippen molar-refractivity contribution < 1.29 is 40.5 Å². The van der Waals surface area contributed by atoms with Gasteiger partial charge in [-0.2, -0.15) is 0 Å². The smallest absolute Gasteiger partial charge is 1.00 e. The Bertz CT molecular complexity index is 783. The third kappa shape index (κ3) is 5.46. The van der Waals surface area contributed by atoms with Crippen molar-refractivity contribution in [2.24, 2.45) is 0 Å². The first-order valence-electron chi connectivity index (χ1n) is 7.91. The predicted octanol–water partition coefficient (Wildman–Crippen LogP) is 1.09. The molecule has 1 N–H and O–H groups in total. The topological polar surface area (TPSA) is 60.0 Å². The molecule has 0 spiro atoms. The normalized spacial score (nSPS) is 10.6. The van der Waals surface area contributed by atoms with Gasteiger partial charge in [-0.15, -0.1) is 0 Å². The Morgan fingerprint density at radius 1 is 1.20 bits per heavy atom. The Hall–Kier alpha value is -1.05. The summed E-state index contributed by atoms with van der Waals surface area (Å²) >= 11 is 1.65. The Labute approximate surface area is 175 Å². The molecule has 0 saturated heterocycles. The van der Waals surface area contributed by atoms with E-state index in [4.69, 9.17) is 9.47 Å². The minimum absolute atomic E-state index is 0. The van der Waals surface area contributed by atoms with Crippen LogP contribution in [0.2, 0.25) is 0 Å². The fourth-order valence-electron chi connectivity index (χ4n) is 2.38. The van der Waals surface area contributed by atoms with Gasteiger partial charge in [-0.1, -0.05) is 23.9 Å². The minimum Gasteiger partial charge on any atom is -1.00 e. The third-order valence-electron chi connectivity index (χ3n) is 3.72. The number of imidazole rings is 1. The van der Waals surface area contributed by atoms with E-state index in [1.807, 2.05) is 37.3 Å². The molecular weight excluding hydrogens is 345 g/mol. The fraction of sp³-hybridized carbons (Fsp3) is 0.333. The molecular formula is C18H22N3NaO2S. The molecule has 3 aromatic rings. The molecule has 0 saturated carbocycles. The Morgan fingerprint density at radius 3 is 2.84 bits per heavy atom. The van der Waals surface area contributed by atoms with Gasteiger partial charge in [-0.05, 0) is 25.1 Å². The van der Waals surface area contributed by atoms with Crippen molar-refractivity contribution in [3.05, 3.63) is 47.8 Å². The van der Waals surface area contributed by atoms with Crippen LogP contribution in [-0.2, 0) is 10.5 Å². The van der Waals surface area contributed by atoms with E-state index in [1.54, 1.807) is 25.1 Å². The summed E-state index contributed by atoms with van der Waals surface area (Å²) in [6.45, 7) is 3.40. The maximum absolute atomic E-state index is 5.83. The van der Waals surface area contributed by atoms with Crippen molar-refractivity contribution in [3.8, 4) is 5.75 Å². The molecule has 2 aromatic heterocycles. The molecule has 0 fully saturated rings. The molecule has 0 bridgehead atoms. The van der Waals surface area contributed by atoms with Gasteiger partial charge in [0.25, 0.3) is 0 Å². The number of aromatic amines is 1. The van der Waals surface area contributed by atoms with E-state index in [0.717, 1.165) is 45.4 Å². The molecule has 5 nitrogen and oxygen atoms in total. The number of fused-ring (bicyclic) bond motifs is 1. The molecule has 7 heteroatoms. The van der Waals surface area contributed by atoms with Gasteiger partial charge in [-0.3, -0.25) is 4.98 Å². The first-order valence-corrected chi connectivity index (χ1v) is 8.90. The molecule has 25 heavy (non-hydrogen) atoms. The molecule has 0 atom stereocenters. The first kappa shape index (κ1) is 20.3. The van der Waals surface area contributed by atoms with Crippen LogP contribution in [0.5, 0.6) is 5.75 Å². The number of ether oxygens (including phenoxy) is 2. The fourth-order valence-corrected chi connectivity index (χ4v) is 3.29. The van der Waals surface area contributed by atoms with E-state index in [0.29, 0.717) is 13.2 Å². The van der Waals surface area contributed by atoms with Crippen molar-refractivity contribution in [3.63, 3.8) is 0 Å². The maximum Gasteiger partial charge on any atom is 1.00 e. The van der Waals surface area contributed by atoms with Crippen LogP contribution in [0, 0.1) is 6.92 Å². The summed E-state index contributed by atoms with van der Waals surface area (Å²) in [7, 11) is 1.70. The zero-order valence-electron chi connectivity index (χ0n) is 15.9. The first-order chi connectivity index (χ1) is 11.8. The monoisotopic (exact) mass is 367 g/mol. The Balaban J connectivity index is 0.00000169. The number of methoxy groups -OCH3 is 1. The maximum atomic E-state index is 5.83. The molecule has 0 aliphatic carbocycles. The zero-order chi connectivity index (χ0) is 16.8. The number of benzene rings is 1. The second-order valence-electron chi connectivity index (χ2n) is 5.42. The van der Waals surface area contributed by atoms with Crippen LogP contribution in [0.3, 0.4) is 0 Å². The summed E-state index contributed by atoms with van der Waals surface area (Å²) in [5.74, 6) is 1.64. The second-order valence-corrected chi connectivity index (χ2v) is 6.39. The second kappa shape index (κ2) is 10.2. The zero-order valence-corrected chi connectivity index (χ0v) is 17.7. The summed E-state index contributed by atoms with van der Waals surface area (Å²) in [4.78, 5) is 12.4. The van der Waals surface area contributed by atoms with E-state index >= 15 is 0 Å². The van der Waals surface area contributed by atoms with Crippen LogP contribution in [0.1, 0.15) is 19.1 Å². The summed E-state index contributed by atoms with van der Waals surface area (Å²) in [5.41, 5.74) is 4.14. The summed E-state index contributed by atoms with van der Waals surface area (Å²) < 4.78 is 10.9. The van der Waals surface area contributed by atoms with E-state index in [-0.39, 0.29) is 31.0 Å². The molecule has 2 heterocycles. The SMILES string of the molecule is COCCCOc1ccnc(CSc2nc3ccccc3[nH]2)c1C.[H-].[Na+]. The molecule has 0 amide bonds. The van der Waals surface area contributed by atoms with E-state index in [1.165, 1.54) is 0 Å². The van der Waals surface area contributed by atoms with Crippen LogP contribution < -0.4 is 34.3 Å². The minimum atomic E-state index is 0. The molecule has 1 aromatic carbocycles. The number of hydrogen-bond donors (Lipinski definition) is 1. The molecule has 128 valence electrons. The standard InChI is InChI=1S/C18H21N3O2S.Na.H/c1-13-16(19-9-8-17(13)23-11-5-10-22-2)12-24-18-20-14-6-3-4-7-15(14)21-18;;/h3-4,6-9H,5,10-12H2,1-2H3,(H,20,21);;/q;+1;-1. The number of H-pyrrole nitrogens is 1. The van der Waals surface area contributed by atoms with Gasteiger partial charge < -0.3 is 15.9 Å². The summed E-state index contributed by atoms with van der Waals surface area (Å²) in [6.07, 6.45) is 2.68. The molecule has 0 aliphatic heterocycles. The van der Waals surface area contributed by atoms with Crippen LogP contribution in [-0.4, -0.2) is 35.3 Å². The molecule has 0 unspecified atom stereocenters. The van der Waals surface area contributed by atoms with E-state index in [2.05, 4.69) is 15.0 Å². The Morgan fingerprint density at radius 2 is 2.04 bits per heavy atom. The van der Waals surface area contributed by atoms with Crippen molar-refractivity contribution in [2.45, 2.75) is 24.3 Å². The number of nitrogens with one attached hydrogen (secondary N) is 1. The van der Waals surface area contributed by atoms with Gasteiger partial charge in [-0.25, -0.2) is 4.98 Å². The van der Waals surface area contributed by atoms with Crippen LogP contribution in [0.4, 0.5) is 0 Å². The van der Waals surface area contributed by atoms with Crippen molar-refractivity contribution in [2.75, 3.05) is 20.3 Å². The number of hydrogen-bond acceptors (Lipinski definition) is 5. The van der Waals surface area contributed by atoms with E-state index in [9.17, 15) is 0 Å². The number of nitrogens with zero attached hydrogens (tertiary/aromatic N) is 2. The average molecular weight is 367 g/mol. The van der Waals surface area contributed by atoms with Gasteiger partial charge in [0.05, 0.1) is 23.3 Å². The largest absolute Gasteiger partial charge is 1.00 e. The van der Waals surface area contributed by atoms with Crippen LogP contribution in [0.25, 0.3) is 11.0 Å². The number of pyridine rings is 1. The van der Waals surface area contributed by atoms with Gasteiger partial charge in [0, 0.05) is 37.7 Å². The molecule has 0 aliphatic rings. The number of aromatic nitrogens is 3. The number of para-hydroxylation sites is 2. The van der Waals surface area contributed by atoms with E-state index < -0.39 is 0 Å². The average Bonchev–Trinajstić information content (AvgIpc) is 3.02. The summed E-state index contributed by atoms with van der Waals surface area (Å²) in [5, 5.41) is 0.906. The Kier molecular flexibility index (Phi) is 8.26. The van der Waals surface area contributed by atoms with Crippen molar-refractivity contribution >= 4 is 22.8 Å². The number of rotatable bonds is 8. The van der Waals surface area contributed by atoms with Crippen molar-refractivity contribution in [1.82, 2.24) is 15.0 Å². The van der Waals surface area contributed by atoms with Gasteiger partial charge in [0.15, 0.2) is 5.16 Å². The van der Waals surface area contributed by atoms with Crippen LogP contribution >= 0.6 is 11.8 Å². The summed E-state index contributed by atoms with van der Waals surface area (Å²) in [6, 6.07) is 9.95. The van der Waals surface area contributed by atoms with Gasteiger partial charge >= 0.3 is 29.6 Å².